The maximum absolute atomic E-state index is 2.41. The molecule has 9 aromatic carbocycles. The molecule has 0 bridgehead atoms. The van der Waals surface area contributed by atoms with Gasteiger partial charge in [0.25, 0.3) is 0 Å². The van der Waals surface area contributed by atoms with E-state index in [9.17, 15) is 0 Å². The first kappa shape index (κ1) is 27.2. The Morgan fingerprint density at radius 3 is 1.65 bits per heavy atom. The van der Waals surface area contributed by atoms with Crippen molar-refractivity contribution in [2.24, 2.45) is 0 Å². The Morgan fingerprint density at radius 1 is 0.312 bits per heavy atom. The zero-order valence-corrected chi connectivity index (χ0v) is 26.9. The largest absolute Gasteiger partial charge is 0.310 e. The molecule has 1 heterocycles. The number of thiophene rings is 1. The van der Waals surface area contributed by atoms with Crippen molar-refractivity contribution in [3.05, 3.63) is 176 Å². The van der Waals surface area contributed by atoms with Crippen molar-refractivity contribution >= 4 is 91.7 Å². The highest BCUT2D eigenvalue weighted by atomic mass is 32.1. The molecule has 2 heteroatoms. The van der Waals surface area contributed by atoms with Crippen molar-refractivity contribution in [2.45, 2.75) is 0 Å². The molecular formula is C46H29NS. The summed E-state index contributed by atoms with van der Waals surface area (Å²) in [5, 5.41) is 12.9. The zero-order valence-electron chi connectivity index (χ0n) is 26.1. The second kappa shape index (κ2) is 10.8. The van der Waals surface area contributed by atoms with E-state index >= 15 is 0 Å². The fourth-order valence-corrected chi connectivity index (χ4v) is 8.62. The van der Waals surface area contributed by atoms with Gasteiger partial charge in [-0.15, -0.1) is 11.3 Å². The third-order valence-corrected chi connectivity index (χ3v) is 10.9. The van der Waals surface area contributed by atoms with E-state index in [-0.39, 0.29) is 0 Å². The summed E-state index contributed by atoms with van der Waals surface area (Å²) in [6.45, 7) is 0. The Balaban J connectivity index is 1.20. The van der Waals surface area contributed by atoms with Gasteiger partial charge in [-0.3, -0.25) is 0 Å². The molecule has 0 saturated carbocycles. The molecule has 0 radical (unpaired) electrons. The number of hydrogen-bond donors (Lipinski definition) is 0. The number of anilines is 3. The predicted molar refractivity (Wildman–Crippen MR) is 209 cm³/mol. The lowest BCUT2D eigenvalue weighted by atomic mass is 9.96. The van der Waals surface area contributed by atoms with E-state index in [2.05, 4.69) is 181 Å². The topological polar surface area (TPSA) is 3.24 Å². The highest BCUT2D eigenvalue weighted by Crippen LogP contribution is 2.44. The molecule has 1 nitrogen and oxygen atoms in total. The van der Waals surface area contributed by atoms with Gasteiger partial charge in [0.1, 0.15) is 0 Å². The maximum Gasteiger partial charge on any atom is 0.0468 e. The molecule has 10 aromatic rings. The van der Waals surface area contributed by atoms with Crippen LogP contribution in [0.15, 0.2) is 176 Å². The minimum absolute atomic E-state index is 1.13. The quantitative estimate of drug-likeness (QED) is 0.176. The highest BCUT2D eigenvalue weighted by Gasteiger charge is 2.17. The minimum Gasteiger partial charge on any atom is -0.310 e. The van der Waals surface area contributed by atoms with Crippen molar-refractivity contribution in [1.82, 2.24) is 0 Å². The first-order valence-corrected chi connectivity index (χ1v) is 17.2. The fraction of sp³-hybridized carbons (Fsp3) is 0. The van der Waals surface area contributed by atoms with Crippen molar-refractivity contribution in [3.8, 4) is 11.1 Å². The lowest BCUT2D eigenvalue weighted by molar-refractivity contribution is 1.30. The lowest BCUT2D eigenvalue weighted by Gasteiger charge is -2.26. The smallest absolute Gasteiger partial charge is 0.0468 e. The van der Waals surface area contributed by atoms with Crippen LogP contribution in [0.1, 0.15) is 0 Å². The van der Waals surface area contributed by atoms with Gasteiger partial charge < -0.3 is 4.90 Å². The Morgan fingerprint density at radius 2 is 0.854 bits per heavy atom. The summed E-state index contributed by atoms with van der Waals surface area (Å²) in [6.07, 6.45) is 0. The second-order valence-corrected chi connectivity index (χ2v) is 13.6. The van der Waals surface area contributed by atoms with Crippen LogP contribution in [-0.4, -0.2) is 0 Å². The minimum atomic E-state index is 1.13. The van der Waals surface area contributed by atoms with Crippen LogP contribution < -0.4 is 4.90 Å². The maximum atomic E-state index is 2.41. The molecule has 0 amide bonds. The first-order chi connectivity index (χ1) is 23.8. The van der Waals surface area contributed by atoms with Crippen molar-refractivity contribution in [2.75, 3.05) is 4.90 Å². The van der Waals surface area contributed by atoms with Gasteiger partial charge in [-0.1, -0.05) is 127 Å². The third kappa shape index (κ3) is 4.31. The molecule has 0 spiro atoms. The van der Waals surface area contributed by atoms with Crippen LogP contribution in [0.25, 0.3) is 74.4 Å². The SMILES string of the molecule is c1ccc(-c2ccc(N(c3ccc4c(ccc5ccc6ccccc6c54)c3)c3ccc4sc5ccc6ccccc6c5c4c3)cc2)cc1. The number of fused-ring (bicyclic) bond motifs is 10. The van der Waals surface area contributed by atoms with Gasteiger partial charge in [0.05, 0.1) is 0 Å². The summed E-state index contributed by atoms with van der Waals surface area (Å²) in [7, 11) is 0. The van der Waals surface area contributed by atoms with Gasteiger partial charge in [0.15, 0.2) is 0 Å². The van der Waals surface area contributed by atoms with Gasteiger partial charge in [0.2, 0.25) is 0 Å². The molecule has 10 rings (SSSR count). The molecule has 0 N–H and O–H groups in total. The molecule has 0 fully saturated rings. The zero-order chi connectivity index (χ0) is 31.6. The predicted octanol–water partition coefficient (Wildman–Crippen LogP) is 13.8. The Bertz CT molecular complexity index is 2830. The van der Waals surface area contributed by atoms with Gasteiger partial charge in [-0.05, 0) is 103 Å². The third-order valence-electron chi connectivity index (χ3n) is 9.80. The second-order valence-electron chi connectivity index (χ2n) is 12.5. The Kier molecular flexibility index (Phi) is 6.12. The van der Waals surface area contributed by atoms with Gasteiger partial charge in [0, 0.05) is 37.2 Å². The first-order valence-electron chi connectivity index (χ1n) is 16.4. The van der Waals surface area contributed by atoms with Crippen LogP contribution in [0, 0.1) is 0 Å². The van der Waals surface area contributed by atoms with Crippen molar-refractivity contribution < 1.29 is 0 Å². The van der Waals surface area contributed by atoms with Gasteiger partial charge >= 0.3 is 0 Å². The summed E-state index contributed by atoms with van der Waals surface area (Å²) in [6, 6.07) is 64.5. The molecule has 48 heavy (non-hydrogen) atoms. The monoisotopic (exact) mass is 627 g/mol. The molecule has 0 aliphatic heterocycles. The average molecular weight is 628 g/mol. The van der Waals surface area contributed by atoms with E-state index in [4.69, 9.17) is 0 Å². The van der Waals surface area contributed by atoms with Crippen molar-refractivity contribution in [3.63, 3.8) is 0 Å². The van der Waals surface area contributed by atoms with E-state index in [1.165, 1.54) is 74.4 Å². The van der Waals surface area contributed by atoms with E-state index in [1.807, 2.05) is 11.3 Å². The molecule has 0 atom stereocenters. The van der Waals surface area contributed by atoms with Gasteiger partial charge in [-0.25, -0.2) is 0 Å². The van der Waals surface area contributed by atoms with Crippen LogP contribution >= 0.6 is 11.3 Å². The van der Waals surface area contributed by atoms with Crippen LogP contribution in [0.3, 0.4) is 0 Å². The summed E-state index contributed by atoms with van der Waals surface area (Å²) in [5.41, 5.74) is 5.84. The average Bonchev–Trinajstić information content (AvgIpc) is 3.54. The van der Waals surface area contributed by atoms with E-state index in [1.54, 1.807) is 0 Å². The van der Waals surface area contributed by atoms with E-state index < -0.39 is 0 Å². The number of rotatable bonds is 4. The molecular weight excluding hydrogens is 599 g/mol. The summed E-state index contributed by atoms with van der Waals surface area (Å²) >= 11 is 1.87. The molecule has 0 aliphatic carbocycles. The molecule has 1 aromatic heterocycles. The Labute approximate surface area is 282 Å². The number of benzene rings is 9. The molecule has 0 unspecified atom stereocenters. The lowest BCUT2D eigenvalue weighted by Crippen LogP contribution is -2.09. The normalized spacial score (nSPS) is 11.8. The number of nitrogens with zero attached hydrogens (tertiary/aromatic N) is 1. The van der Waals surface area contributed by atoms with Crippen LogP contribution in [0.4, 0.5) is 17.1 Å². The Hall–Kier alpha value is -5.96. The van der Waals surface area contributed by atoms with Crippen molar-refractivity contribution in [1.29, 1.82) is 0 Å². The molecule has 0 aliphatic rings. The van der Waals surface area contributed by atoms with Crippen LogP contribution in [0.5, 0.6) is 0 Å². The standard InChI is InChI=1S/C46H29NS/c1-2-8-30(9-3-1)31-18-21-36(22-19-31)47(38-24-27-43-42(29-38)46-40-13-7-5-11-33(40)20-26-44(46)48-43)37-23-25-41-35(28-37)17-16-34-15-14-32-10-4-6-12-39(32)45(34)41/h1-29H. The molecule has 224 valence electrons. The highest BCUT2D eigenvalue weighted by molar-refractivity contribution is 7.26. The fourth-order valence-electron chi connectivity index (χ4n) is 7.52. The summed E-state index contributed by atoms with van der Waals surface area (Å²) in [5.74, 6) is 0. The van der Waals surface area contributed by atoms with E-state index in [0.29, 0.717) is 0 Å². The van der Waals surface area contributed by atoms with Crippen LogP contribution in [0.2, 0.25) is 0 Å². The summed E-state index contributed by atoms with van der Waals surface area (Å²) in [4.78, 5) is 2.41. The van der Waals surface area contributed by atoms with Crippen LogP contribution in [-0.2, 0) is 0 Å². The summed E-state index contributed by atoms with van der Waals surface area (Å²) < 4.78 is 2.63. The van der Waals surface area contributed by atoms with Gasteiger partial charge in [-0.2, -0.15) is 0 Å². The molecule has 0 saturated heterocycles. The van der Waals surface area contributed by atoms with E-state index in [0.717, 1.165) is 17.1 Å². The number of hydrogen-bond acceptors (Lipinski definition) is 2.